The van der Waals surface area contributed by atoms with Crippen LogP contribution < -0.4 is 14.4 Å². The zero-order valence-electron chi connectivity index (χ0n) is 28.0. The lowest BCUT2D eigenvalue weighted by Gasteiger charge is -2.43. The van der Waals surface area contributed by atoms with E-state index in [2.05, 4.69) is 4.90 Å². The third-order valence-corrected chi connectivity index (χ3v) is 11.3. The molecular weight excluding hydrogens is 699 g/mol. The molecule has 4 atom stereocenters. The molecule has 2 aromatic carbocycles. The van der Waals surface area contributed by atoms with Crippen molar-refractivity contribution in [1.29, 1.82) is 0 Å². The smallest absolute Gasteiger partial charge is 0.404 e. The molecule has 0 aromatic heterocycles. The van der Waals surface area contributed by atoms with E-state index in [1.165, 1.54) is 34.9 Å². The van der Waals surface area contributed by atoms with Crippen molar-refractivity contribution in [3.63, 3.8) is 0 Å². The van der Waals surface area contributed by atoms with Crippen molar-refractivity contribution < 1.29 is 45.8 Å². The number of methoxy groups -OCH3 is 1. The van der Waals surface area contributed by atoms with Gasteiger partial charge in [0, 0.05) is 38.8 Å². The largest absolute Gasteiger partial charge is 0.487 e. The first-order chi connectivity index (χ1) is 23.6. The molecule has 15 heteroatoms. The van der Waals surface area contributed by atoms with Crippen LogP contribution in [0.1, 0.15) is 55.2 Å². The highest BCUT2D eigenvalue weighted by molar-refractivity contribution is 7.90. The molecule has 2 aliphatic heterocycles. The number of aryl methyl sites for hydroxylation is 1. The van der Waals surface area contributed by atoms with Gasteiger partial charge in [0.1, 0.15) is 12.4 Å². The Labute approximate surface area is 295 Å². The lowest BCUT2D eigenvalue weighted by atomic mass is 9.70. The normalized spacial score (nSPS) is 26.0. The summed E-state index contributed by atoms with van der Waals surface area (Å²) in [4.78, 5) is 30.5. The quantitative estimate of drug-likeness (QED) is 0.415. The van der Waals surface area contributed by atoms with E-state index in [-0.39, 0.29) is 36.7 Å². The van der Waals surface area contributed by atoms with Crippen molar-refractivity contribution in [2.24, 2.45) is 11.8 Å². The Balaban J connectivity index is 1.62. The molecule has 10 nitrogen and oxygen atoms in total. The summed E-state index contributed by atoms with van der Waals surface area (Å²) < 4.78 is 77.7. The van der Waals surface area contributed by atoms with Crippen LogP contribution in [0.4, 0.5) is 18.9 Å². The second kappa shape index (κ2) is 15.5. The van der Waals surface area contributed by atoms with Crippen LogP contribution in [0.15, 0.2) is 48.6 Å². The first kappa shape index (κ1) is 37.9. The van der Waals surface area contributed by atoms with Gasteiger partial charge in [-0.2, -0.15) is 13.2 Å². The maximum atomic E-state index is 13.6. The van der Waals surface area contributed by atoms with Crippen molar-refractivity contribution in [1.82, 2.24) is 9.62 Å². The third-order valence-electron chi connectivity index (χ3n) is 9.85. The number of amides is 2. The second-order valence-corrected chi connectivity index (χ2v) is 15.5. The van der Waals surface area contributed by atoms with Gasteiger partial charge in [0.2, 0.25) is 15.9 Å². The Hall–Kier alpha value is -3.33. The SMILES string of the molecule is CO[C@H]1/C=C/CCN(C)C(=O)C[C@](O)(C(=O)NS(=O)(=O)CC(F)(F)F)c2ccc3c(c2)N(CCCCc2cc(Cl)ccc2CO3)C[C@@H]2CC[C@H]21. The number of alkyl halides is 3. The van der Waals surface area contributed by atoms with Gasteiger partial charge in [0.15, 0.2) is 11.4 Å². The predicted octanol–water partition coefficient (Wildman–Crippen LogP) is 5.11. The number of carbonyl (C=O) groups excluding carboxylic acids is 2. The van der Waals surface area contributed by atoms with Crippen LogP contribution in [-0.4, -0.2) is 82.1 Å². The number of benzene rings is 2. The van der Waals surface area contributed by atoms with Gasteiger partial charge in [-0.15, -0.1) is 0 Å². The van der Waals surface area contributed by atoms with E-state index in [9.17, 15) is 36.3 Å². The molecule has 1 aliphatic carbocycles. The first-order valence-corrected chi connectivity index (χ1v) is 18.7. The minimum atomic E-state index is -5.28. The minimum absolute atomic E-state index is 0.139. The molecule has 2 heterocycles. The average molecular weight is 742 g/mol. The zero-order chi connectivity index (χ0) is 36.3. The number of sulfonamides is 1. The Morgan fingerprint density at radius 3 is 2.62 bits per heavy atom. The highest BCUT2D eigenvalue weighted by Gasteiger charge is 2.46. The van der Waals surface area contributed by atoms with Crippen molar-refractivity contribution in [3.8, 4) is 5.75 Å². The lowest BCUT2D eigenvalue weighted by Crippen LogP contribution is -2.51. The van der Waals surface area contributed by atoms with Crippen LogP contribution in [-0.2, 0) is 43.0 Å². The van der Waals surface area contributed by atoms with Crippen molar-refractivity contribution >= 4 is 39.1 Å². The lowest BCUT2D eigenvalue weighted by molar-refractivity contribution is -0.148. The zero-order valence-corrected chi connectivity index (χ0v) is 29.6. The fourth-order valence-electron chi connectivity index (χ4n) is 6.90. The van der Waals surface area contributed by atoms with Gasteiger partial charge in [-0.25, -0.2) is 13.1 Å². The molecular formula is C35H43ClF3N3O7S. The van der Waals surface area contributed by atoms with Crippen LogP contribution in [0.3, 0.4) is 0 Å². The second-order valence-electron chi connectivity index (χ2n) is 13.4. The third kappa shape index (κ3) is 9.12. The molecule has 2 aromatic rings. The van der Waals surface area contributed by atoms with E-state index < -0.39 is 45.8 Å². The number of hydrogen-bond donors (Lipinski definition) is 2. The monoisotopic (exact) mass is 741 g/mol. The van der Waals surface area contributed by atoms with Gasteiger partial charge in [0.05, 0.1) is 18.2 Å². The van der Waals surface area contributed by atoms with E-state index in [0.29, 0.717) is 36.0 Å². The Kier molecular flexibility index (Phi) is 11.8. The topological polar surface area (TPSA) is 125 Å². The summed E-state index contributed by atoms with van der Waals surface area (Å²) in [6.45, 7) is 1.50. The molecule has 2 N–H and O–H groups in total. The van der Waals surface area contributed by atoms with Crippen LogP contribution >= 0.6 is 11.6 Å². The molecule has 0 spiro atoms. The Bertz CT molecular complexity index is 1710. The molecule has 2 bridgehead atoms. The number of aliphatic hydroxyl groups is 1. The molecule has 0 saturated heterocycles. The molecule has 2 amide bonds. The average Bonchev–Trinajstić information content (AvgIpc) is 3.05. The van der Waals surface area contributed by atoms with E-state index >= 15 is 0 Å². The van der Waals surface area contributed by atoms with Crippen LogP contribution in [0, 0.1) is 11.8 Å². The van der Waals surface area contributed by atoms with Crippen molar-refractivity contribution in [2.75, 3.05) is 44.4 Å². The number of hydrogen-bond acceptors (Lipinski definition) is 8. The standard InChI is InChI=1S/C35H43ClF3N3O7S/c1-41-15-5-4-8-30(48-2)28-13-10-24(28)20-42-16-6-3-7-23-17-27(36)12-9-25(23)21-49-31-14-11-26(18-29(31)42)34(45,19-32(41)43)33(44)40-50(46,47)22-35(37,38)39/h4,8-9,11-12,14,17-18,24,28,30,45H,3,5-7,10,13,15-16,19-22H2,1-2H3,(H,40,44)/b8-4+/t24-,28+,30-,34+/m0/s1. The summed E-state index contributed by atoms with van der Waals surface area (Å²) in [6, 6.07) is 9.95. The fraction of sp³-hybridized carbons (Fsp3) is 0.543. The van der Waals surface area contributed by atoms with Crippen molar-refractivity contribution in [3.05, 3.63) is 70.3 Å². The summed E-state index contributed by atoms with van der Waals surface area (Å²) in [5, 5.41) is 12.6. The molecule has 1 fully saturated rings. The fourth-order valence-corrected chi connectivity index (χ4v) is 8.05. The Morgan fingerprint density at radius 1 is 1.14 bits per heavy atom. The summed E-state index contributed by atoms with van der Waals surface area (Å²) in [5.74, 6) is -3.89. The highest BCUT2D eigenvalue weighted by atomic mass is 35.5. The maximum Gasteiger partial charge on any atom is 0.404 e. The molecule has 3 aliphatic rings. The van der Waals surface area contributed by atoms with Gasteiger partial charge < -0.3 is 24.4 Å². The maximum absolute atomic E-state index is 13.6. The summed E-state index contributed by atoms with van der Waals surface area (Å²) in [7, 11) is -2.14. The minimum Gasteiger partial charge on any atom is -0.487 e. The molecule has 1 saturated carbocycles. The van der Waals surface area contributed by atoms with Gasteiger partial charge in [-0.1, -0.05) is 35.9 Å². The predicted molar refractivity (Wildman–Crippen MR) is 182 cm³/mol. The number of anilines is 1. The number of carbonyl (C=O) groups is 2. The number of nitrogens with zero attached hydrogens (tertiary/aromatic N) is 2. The number of ether oxygens (including phenoxy) is 2. The molecule has 5 rings (SSSR count). The van der Waals surface area contributed by atoms with Crippen LogP contribution in [0.25, 0.3) is 0 Å². The number of nitrogens with one attached hydrogen (secondary N) is 1. The van der Waals surface area contributed by atoms with Gasteiger partial charge in [-0.05, 0) is 91.3 Å². The van der Waals surface area contributed by atoms with Gasteiger partial charge in [-0.3, -0.25) is 9.59 Å². The number of fused-ring (bicyclic) bond motifs is 3. The van der Waals surface area contributed by atoms with Gasteiger partial charge >= 0.3 is 6.18 Å². The molecule has 274 valence electrons. The van der Waals surface area contributed by atoms with Gasteiger partial charge in [0.25, 0.3) is 5.91 Å². The van der Waals surface area contributed by atoms with E-state index in [4.69, 9.17) is 21.1 Å². The van der Waals surface area contributed by atoms with E-state index in [1.807, 2.05) is 24.3 Å². The summed E-state index contributed by atoms with van der Waals surface area (Å²) in [5.41, 5.74) is -0.543. The number of rotatable bonds is 4. The summed E-state index contributed by atoms with van der Waals surface area (Å²) >= 11 is 6.31. The van der Waals surface area contributed by atoms with Crippen molar-refractivity contribution in [2.45, 2.75) is 69.4 Å². The Morgan fingerprint density at radius 2 is 1.92 bits per heavy atom. The first-order valence-electron chi connectivity index (χ1n) is 16.7. The van der Waals surface area contributed by atoms with E-state index in [0.717, 1.165) is 43.2 Å². The summed E-state index contributed by atoms with van der Waals surface area (Å²) in [6.07, 6.45) is 2.33. The highest BCUT2D eigenvalue weighted by Crippen LogP contribution is 2.43. The molecule has 50 heavy (non-hydrogen) atoms. The van der Waals surface area contributed by atoms with Crippen LogP contribution in [0.2, 0.25) is 5.02 Å². The molecule has 0 unspecified atom stereocenters. The van der Waals surface area contributed by atoms with E-state index in [1.54, 1.807) is 13.2 Å². The molecule has 0 radical (unpaired) electrons. The van der Waals surface area contributed by atoms with Crippen LogP contribution in [0.5, 0.6) is 5.75 Å². The number of halogens is 4.